The van der Waals surface area contributed by atoms with Crippen molar-refractivity contribution >= 4 is 29.5 Å². The maximum Gasteiger partial charge on any atom is 0.336 e. The lowest BCUT2D eigenvalue weighted by atomic mass is 10.1. The van der Waals surface area contributed by atoms with E-state index in [0.29, 0.717) is 11.3 Å². The summed E-state index contributed by atoms with van der Waals surface area (Å²) in [5, 5.41) is 2.88. The van der Waals surface area contributed by atoms with Gasteiger partial charge in [0, 0.05) is 11.8 Å². The predicted molar refractivity (Wildman–Crippen MR) is 91.4 cm³/mol. The number of ether oxygens (including phenoxy) is 2. The summed E-state index contributed by atoms with van der Waals surface area (Å²) < 4.78 is 9.82. The number of methoxy groups -OCH3 is 1. The normalized spacial score (nSPS) is 12.5. The van der Waals surface area contributed by atoms with E-state index >= 15 is 0 Å². The Morgan fingerprint density at radius 3 is 2.33 bits per heavy atom. The van der Waals surface area contributed by atoms with Crippen LogP contribution in [-0.4, -0.2) is 36.5 Å². The fourth-order valence-corrected chi connectivity index (χ4v) is 1.84. The number of esters is 2. The minimum atomic E-state index is -1.13. The van der Waals surface area contributed by atoms with Gasteiger partial charge < -0.3 is 14.8 Å². The molecule has 0 saturated heterocycles. The van der Waals surface area contributed by atoms with E-state index in [0.717, 1.165) is 0 Å². The zero-order valence-electron chi connectivity index (χ0n) is 14.6. The molecule has 6 nitrogen and oxygen atoms in total. The van der Waals surface area contributed by atoms with Crippen LogP contribution in [0.15, 0.2) is 30.3 Å². The van der Waals surface area contributed by atoms with Crippen LogP contribution in [0.25, 0.3) is 6.08 Å². The van der Waals surface area contributed by atoms with E-state index in [1.54, 1.807) is 51.1 Å². The Labute approximate surface area is 141 Å². The molecule has 0 saturated carbocycles. The van der Waals surface area contributed by atoms with Crippen LogP contribution in [0.4, 0.5) is 5.69 Å². The summed E-state index contributed by atoms with van der Waals surface area (Å²) in [6.45, 7) is 6.51. The molecule has 0 aliphatic heterocycles. The molecule has 1 aromatic rings. The first-order chi connectivity index (χ1) is 11.1. The second-order valence-electron chi connectivity index (χ2n) is 6.17. The Morgan fingerprint density at radius 1 is 1.17 bits per heavy atom. The summed E-state index contributed by atoms with van der Waals surface area (Å²) in [7, 11) is 1.28. The Kier molecular flexibility index (Phi) is 6.70. The summed E-state index contributed by atoms with van der Waals surface area (Å²) in [5.74, 6) is -1.52. The predicted octanol–water partition coefficient (Wildman–Crippen LogP) is 2.58. The lowest BCUT2D eigenvalue weighted by Crippen LogP contribution is -2.41. The molecule has 0 aliphatic rings. The smallest absolute Gasteiger partial charge is 0.336 e. The van der Waals surface area contributed by atoms with Crippen molar-refractivity contribution in [2.24, 2.45) is 0 Å². The molecule has 1 rings (SSSR count). The molecule has 0 heterocycles. The van der Waals surface area contributed by atoms with Crippen LogP contribution >= 0.6 is 0 Å². The lowest BCUT2D eigenvalue weighted by molar-refractivity contribution is -0.157. The molecule has 1 atom stereocenters. The molecule has 0 aromatic heterocycles. The molecule has 0 fully saturated rings. The van der Waals surface area contributed by atoms with Crippen molar-refractivity contribution in [1.82, 2.24) is 0 Å². The summed E-state index contributed by atoms with van der Waals surface area (Å²) in [4.78, 5) is 35.3. The number of nitrogens with one attached hydrogen (secondary N) is 1. The van der Waals surface area contributed by atoms with E-state index < -0.39 is 23.6 Å². The first-order valence-corrected chi connectivity index (χ1v) is 7.49. The van der Waals surface area contributed by atoms with Crippen molar-refractivity contribution < 1.29 is 23.9 Å². The highest BCUT2D eigenvalue weighted by molar-refractivity contribution is 6.05. The molecule has 1 unspecified atom stereocenters. The van der Waals surface area contributed by atoms with Crippen LogP contribution in [0.3, 0.4) is 0 Å². The van der Waals surface area contributed by atoms with Crippen LogP contribution < -0.4 is 5.32 Å². The van der Waals surface area contributed by atoms with Crippen molar-refractivity contribution in [2.45, 2.75) is 39.3 Å². The first kappa shape index (κ1) is 19.4. The van der Waals surface area contributed by atoms with Crippen molar-refractivity contribution in [2.75, 3.05) is 12.4 Å². The average molecular weight is 333 g/mol. The van der Waals surface area contributed by atoms with Gasteiger partial charge in [0.25, 0.3) is 0 Å². The number of carbonyl (C=O) groups excluding carboxylic acids is 3. The number of hydrogen-bond donors (Lipinski definition) is 1. The molecule has 0 radical (unpaired) electrons. The average Bonchev–Trinajstić information content (AvgIpc) is 2.48. The number of rotatable bonds is 6. The molecule has 1 N–H and O–H groups in total. The SMILES string of the molecule is COC(=O)/C=C/c1ccccc1NC(C(C)=O)C(=O)OC(C)(C)C. The molecular weight excluding hydrogens is 310 g/mol. The molecule has 24 heavy (non-hydrogen) atoms. The maximum atomic E-state index is 12.2. The van der Waals surface area contributed by atoms with Gasteiger partial charge in [-0.1, -0.05) is 18.2 Å². The summed E-state index contributed by atoms with van der Waals surface area (Å²) in [6.07, 6.45) is 2.80. The molecule has 0 amide bonds. The van der Waals surface area contributed by atoms with Gasteiger partial charge in [-0.3, -0.25) is 4.79 Å². The lowest BCUT2D eigenvalue weighted by Gasteiger charge is -2.24. The number of Topliss-reactive ketones (excluding diaryl/α,β-unsaturated/α-hetero) is 1. The second-order valence-corrected chi connectivity index (χ2v) is 6.17. The maximum absolute atomic E-state index is 12.2. The van der Waals surface area contributed by atoms with Gasteiger partial charge in [0.2, 0.25) is 0 Å². The molecular formula is C18H23NO5. The highest BCUT2D eigenvalue weighted by Crippen LogP contribution is 2.19. The molecule has 130 valence electrons. The van der Waals surface area contributed by atoms with Crippen LogP contribution in [0.5, 0.6) is 0 Å². The molecule has 1 aromatic carbocycles. The van der Waals surface area contributed by atoms with Gasteiger partial charge in [-0.2, -0.15) is 0 Å². The van der Waals surface area contributed by atoms with Gasteiger partial charge in [-0.15, -0.1) is 0 Å². The number of anilines is 1. The van der Waals surface area contributed by atoms with E-state index in [2.05, 4.69) is 10.1 Å². The van der Waals surface area contributed by atoms with Gasteiger partial charge in [0.15, 0.2) is 11.8 Å². The zero-order valence-corrected chi connectivity index (χ0v) is 14.6. The van der Waals surface area contributed by atoms with Crippen LogP contribution in [0, 0.1) is 0 Å². The Morgan fingerprint density at radius 2 is 1.79 bits per heavy atom. The van der Waals surface area contributed by atoms with E-state index in [9.17, 15) is 14.4 Å². The zero-order chi connectivity index (χ0) is 18.3. The van der Waals surface area contributed by atoms with E-state index in [1.807, 2.05) is 0 Å². The van der Waals surface area contributed by atoms with Crippen molar-refractivity contribution in [3.05, 3.63) is 35.9 Å². The van der Waals surface area contributed by atoms with Crippen molar-refractivity contribution in [3.8, 4) is 0 Å². The Hall–Kier alpha value is -2.63. The van der Waals surface area contributed by atoms with Gasteiger partial charge >= 0.3 is 11.9 Å². The summed E-state index contributed by atoms with van der Waals surface area (Å²) in [6, 6.07) is 5.85. The molecule has 0 bridgehead atoms. The third-order valence-electron chi connectivity index (χ3n) is 2.91. The fourth-order valence-electron chi connectivity index (χ4n) is 1.84. The van der Waals surface area contributed by atoms with Crippen molar-refractivity contribution in [1.29, 1.82) is 0 Å². The number of ketones is 1. The largest absolute Gasteiger partial charge is 0.466 e. The molecule has 6 heteroatoms. The van der Waals surface area contributed by atoms with Gasteiger partial charge in [-0.05, 0) is 45.4 Å². The minimum Gasteiger partial charge on any atom is -0.466 e. The van der Waals surface area contributed by atoms with Crippen molar-refractivity contribution in [3.63, 3.8) is 0 Å². The van der Waals surface area contributed by atoms with Gasteiger partial charge in [0.1, 0.15) is 5.60 Å². The van der Waals surface area contributed by atoms with E-state index in [1.165, 1.54) is 20.1 Å². The molecule has 0 spiro atoms. The van der Waals surface area contributed by atoms with E-state index in [4.69, 9.17) is 4.74 Å². The monoisotopic (exact) mass is 333 g/mol. The van der Waals surface area contributed by atoms with Crippen LogP contribution in [0.1, 0.15) is 33.3 Å². The summed E-state index contributed by atoms with van der Waals surface area (Å²) in [5.41, 5.74) is 0.470. The minimum absolute atomic E-state index is 0.365. The highest BCUT2D eigenvalue weighted by Gasteiger charge is 2.29. The number of carbonyl (C=O) groups is 3. The van der Waals surface area contributed by atoms with Gasteiger partial charge in [0.05, 0.1) is 7.11 Å². The van der Waals surface area contributed by atoms with E-state index in [-0.39, 0.29) is 5.78 Å². The fraction of sp³-hybridized carbons (Fsp3) is 0.389. The van der Waals surface area contributed by atoms with Crippen LogP contribution in [-0.2, 0) is 23.9 Å². The third kappa shape index (κ3) is 6.24. The second kappa shape index (κ2) is 8.29. The number of hydrogen-bond acceptors (Lipinski definition) is 6. The Balaban J connectivity index is 3.03. The highest BCUT2D eigenvalue weighted by atomic mass is 16.6. The van der Waals surface area contributed by atoms with Gasteiger partial charge in [-0.25, -0.2) is 9.59 Å². The first-order valence-electron chi connectivity index (χ1n) is 7.49. The number of para-hydroxylation sites is 1. The Bertz CT molecular complexity index is 643. The number of benzene rings is 1. The topological polar surface area (TPSA) is 81.7 Å². The van der Waals surface area contributed by atoms with Crippen LogP contribution in [0.2, 0.25) is 0 Å². The third-order valence-corrected chi connectivity index (χ3v) is 2.91. The molecule has 0 aliphatic carbocycles. The standard InChI is InChI=1S/C18H23NO5/c1-12(20)16(17(22)24-18(2,3)4)19-14-9-7-6-8-13(14)10-11-15(21)23-5/h6-11,16,19H,1-5H3/b11-10+. The summed E-state index contributed by atoms with van der Waals surface area (Å²) >= 11 is 0. The quantitative estimate of drug-likeness (QED) is 0.489.